The van der Waals surface area contributed by atoms with Gasteiger partial charge in [0, 0.05) is 42.9 Å². The molecule has 0 bridgehead atoms. The van der Waals surface area contributed by atoms with E-state index < -0.39 is 41.4 Å². The third-order valence-corrected chi connectivity index (χ3v) is 6.35. The molecule has 3 heterocycles. The molecule has 34 heavy (non-hydrogen) atoms. The Morgan fingerprint density at radius 2 is 1.65 bits per heavy atom. The van der Waals surface area contributed by atoms with E-state index in [1.807, 2.05) is 0 Å². The molecule has 0 unspecified atom stereocenters. The highest BCUT2D eigenvalue weighted by Crippen LogP contribution is 2.41. The fourth-order valence-electron chi connectivity index (χ4n) is 4.64. The second kappa shape index (κ2) is 7.89. The zero-order valence-corrected chi connectivity index (χ0v) is 18.2. The number of amides is 1. The summed E-state index contributed by atoms with van der Waals surface area (Å²) in [7, 11) is 1.55. The summed E-state index contributed by atoms with van der Waals surface area (Å²) in [5.41, 5.74) is 0.307. The number of aromatic nitrogens is 1. The van der Waals surface area contributed by atoms with E-state index in [9.17, 15) is 27.2 Å². The zero-order chi connectivity index (χ0) is 24.3. The zero-order valence-electron chi connectivity index (χ0n) is 18.2. The molecule has 0 N–H and O–H groups in total. The fourth-order valence-corrected chi connectivity index (χ4v) is 4.64. The Balaban J connectivity index is 1.86. The number of ether oxygens (including phenoxy) is 1. The summed E-state index contributed by atoms with van der Waals surface area (Å²) in [4.78, 5) is 27.0. The highest BCUT2D eigenvalue weighted by molar-refractivity contribution is 5.95. The van der Waals surface area contributed by atoms with Gasteiger partial charge < -0.3 is 9.64 Å². The molecule has 2 aliphatic rings. The molecule has 0 radical (unpaired) electrons. The molecular weight excluding hydrogens is 454 g/mol. The van der Waals surface area contributed by atoms with Crippen LogP contribution < -0.4 is 15.2 Å². The monoisotopic (exact) mass is 473 g/mol. The first kappa shape index (κ1) is 22.0. The van der Waals surface area contributed by atoms with Gasteiger partial charge in [0.25, 0.3) is 5.91 Å². The van der Waals surface area contributed by atoms with Gasteiger partial charge in [-0.2, -0.15) is 0 Å². The standard InChI is InChI=1S/C24H19F4N3O3/c1-12-19(32)5-7-30-22(12)24(33)29(2)21-6-8-34-20-11-18(28)17(27)10-14(20)23(31(21)30)13-3-4-15(25)16(26)9-13/h3-5,7,9-11,21,23H,6,8H2,1-2H3/t21-,23+/m1/s1. The Bertz CT molecular complexity index is 1390. The maximum absolute atomic E-state index is 14.5. The van der Waals surface area contributed by atoms with E-state index in [0.29, 0.717) is 0 Å². The molecule has 2 aliphatic heterocycles. The van der Waals surface area contributed by atoms with Crippen molar-refractivity contribution in [1.29, 1.82) is 0 Å². The minimum Gasteiger partial charge on any atom is -0.493 e. The highest BCUT2D eigenvalue weighted by atomic mass is 19.2. The molecule has 5 rings (SSSR count). The van der Waals surface area contributed by atoms with Gasteiger partial charge in [0.1, 0.15) is 23.7 Å². The van der Waals surface area contributed by atoms with Gasteiger partial charge in [-0.3, -0.25) is 19.3 Å². The molecule has 176 valence electrons. The Morgan fingerprint density at radius 1 is 0.941 bits per heavy atom. The smallest absolute Gasteiger partial charge is 0.274 e. The average molecular weight is 473 g/mol. The molecule has 2 atom stereocenters. The first-order chi connectivity index (χ1) is 16.2. The van der Waals surface area contributed by atoms with Gasteiger partial charge in [-0.15, -0.1) is 0 Å². The molecule has 0 fully saturated rings. The van der Waals surface area contributed by atoms with Crippen molar-refractivity contribution in [1.82, 2.24) is 9.58 Å². The SMILES string of the molecule is Cc1c2n(ccc1=O)N1[C@@H](c3ccc(F)c(F)c3)c3cc(F)c(F)cc3OCC[C@@H]1N(C)C2=O. The molecule has 1 aromatic heterocycles. The number of rotatable bonds is 1. The van der Waals surface area contributed by atoms with Crippen LogP contribution in [0.2, 0.25) is 0 Å². The lowest BCUT2D eigenvalue weighted by atomic mass is 9.94. The van der Waals surface area contributed by atoms with E-state index in [2.05, 4.69) is 0 Å². The number of benzene rings is 2. The Morgan fingerprint density at radius 3 is 2.38 bits per heavy atom. The van der Waals surface area contributed by atoms with Crippen LogP contribution in [0.1, 0.15) is 39.6 Å². The minimum atomic E-state index is -1.15. The van der Waals surface area contributed by atoms with Gasteiger partial charge in [-0.1, -0.05) is 6.07 Å². The van der Waals surface area contributed by atoms with Gasteiger partial charge >= 0.3 is 0 Å². The summed E-state index contributed by atoms with van der Waals surface area (Å²) in [6.45, 7) is 1.58. The molecule has 6 nitrogen and oxygen atoms in total. The number of pyridine rings is 1. The van der Waals surface area contributed by atoms with Gasteiger partial charge in [-0.25, -0.2) is 17.6 Å². The normalized spacial score (nSPS) is 19.5. The Hall–Kier alpha value is -3.82. The summed E-state index contributed by atoms with van der Waals surface area (Å²) >= 11 is 0. The van der Waals surface area contributed by atoms with E-state index in [1.165, 1.54) is 34.8 Å². The van der Waals surface area contributed by atoms with Crippen LogP contribution in [0.4, 0.5) is 17.6 Å². The summed E-state index contributed by atoms with van der Waals surface area (Å²) < 4.78 is 63.9. The van der Waals surface area contributed by atoms with E-state index in [1.54, 1.807) is 12.1 Å². The largest absolute Gasteiger partial charge is 0.493 e. The maximum atomic E-state index is 14.5. The van der Waals surface area contributed by atoms with Crippen LogP contribution in [-0.4, -0.2) is 35.3 Å². The third kappa shape index (κ3) is 3.24. The number of hydrogen-bond donors (Lipinski definition) is 0. The van der Waals surface area contributed by atoms with Crippen molar-refractivity contribution in [2.75, 3.05) is 18.7 Å². The van der Waals surface area contributed by atoms with Crippen LogP contribution in [0.5, 0.6) is 5.75 Å². The van der Waals surface area contributed by atoms with E-state index >= 15 is 0 Å². The second-order valence-electron chi connectivity index (χ2n) is 8.29. The first-order valence-electron chi connectivity index (χ1n) is 10.5. The van der Waals surface area contributed by atoms with Crippen LogP contribution in [0.3, 0.4) is 0 Å². The van der Waals surface area contributed by atoms with Gasteiger partial charge in [0.2, 0.25) is 0 Å². The molecule has 2 aromatic carbocycles. The van der Waals surface area contributed by atoms with Gasteiger partial charge in [-0.05, 0) is 30.7 Å². The number of halogens is 4. The van der Waals surface area contributed by atoms with Crippen LogP contribution in [0.15, 0.2) is 47.4 Å². The molecule has 10 heteroatoms. The van der Waals surface area contributed by atoms with Gasteiger partial charge in [0.15, 0.2) is 28.7 Å². The summed E-state index contributed by atoms with van der Waals surface area (Å²) in [6, 6.07) is 5.36. The number of nitrogens with zero attached hydrogens (tertiary/aromatic N) is 3. The molecule has 1 amide bonds. The quantitative estimate of drug-likeness (QED) is 0.507. The summed E-state index contributed by atoms with van der Waals surface area (Å²) in [5, 5.41) is 1.68. The topological polar surface area (TPSA) is 54.8 Å². The summed E-state index contributed by atoms with van der Waals surface area (Å²) in [5.74, 6) is -4.84. The fraction of sp³-hybridized carbons (Fsp3) is 0.250. The third-order valence-electron chi connectivity index (χ3n) is 6.35. The van der Waals surface area contributed by atoms with Crippen LogP contribution in [0, 0.1) is 30.2 Å². The van der Waals surface area contributed by atoms with Crippen molar-refractivity contribution in [3.8, 4) is 5.75 Å². The number of carbonyl (C=O) groups excluding carboxylic acids is 1. The molecule has 0 saturated carbocycles. The number of fused-ring (bicyclic) bond motifs is 4. The van der Waals surface area contributed by atoms with Crippen LogP contribution >= 0.6 is 0 Å². The predicted octanol–water partition coefficient (Wildman–Crippen LogP) is 3.63. The van der Waals surface area contributed by atoms with Crippen molar-refractivity contribution >= 4 is 5.91 Å². The van der Waals surface area contributed by atoms with E-state index in [-0.39, 0.29) is 46.6 Å². The molecule has 0 saturated heterocycles. The van der Waals surface area contributed by atoms with Crippen molar-refractivity contribution < 1.29 is 27.1 Å². The lowest BCUT2D eigenvalue weighted by molar-refractivity contribution is 0.0577. The van der Waals surface area contributed by atoms with E-state index in [0.717, 1.165) is 24.3 Å². The number of hydrogen-bond acceptors (Lipinski definition) is 4. The number of carbonyl (C=O) groups is 1. The predicted molar refractivity (Wildman–Crippen MR) is 114 cm³/mol. The lowest BCUT2D eigenvalue weighted by Crippen LogP contribution is -2.62. The average Bonchev–Trinajstić information content (AvgIpc) is 2.79. The van der Waals surface area contributed by atoms with Crippen LogP contribution in [0.25, 0.3) is 0 Å². The minimum absolute atomic E-state index is 0.0333. The van der Waals surface area contributed by atoms with Crippen molar-refractivity contribution in [2.24, 2.45) is 0 Å². The van der Waals surface area contributed by atoms with Crippen molar-refractivity contribution in [2.45, 2.75) is 25.6 Å². The molecule has 0 spiro atoms. The Labute approximate surface area is 191 Å². The van der Waals surface area contributed by atoms with Crippen molar-refractivity contribution in [3.05, 3.63) is 98.5 Å². The highest BCUT2D eigenvalue weighted by Gasteiger charge is 2.43. The Kier molecular flexibility index (Phi) is 5.11. The second-order valence-corrected chi connectivity index (χ2v) is 8.29. The molecule has 3 aromatic rings. The van der Waals surface area contributed by atoms with E-state index in [4.69, 9.17) is 4.74 Å². The van der Waals surface area contributed by atoms with Crippen LogP contribution in [-0.2, 0) is 0 Å². The first-order valence-corrected chi connectivity index (χ1v) is 10.5. The van der Waals surface area contributed by atoms with Gasteiger partial charge in [0.05, 0.1) is 6.61 Å². The van der Waals surface area contributed by atoms with Crippen molar-refractivity contribution in [3.63, 3.8) is 0 Å². The molecule has 0 aliphatic carbocycles. The maximum Gasteiger partial charge on any atom is 0.274 e. The lowest BCUT2D eigenvalue weighted by Gasteiger charge is -2.50. The summed E-state index contributed by atoms with van der Waals surface area (Å²) in [6.07, 6.45) is 1.00. The molecular formula is C24H19F4N3O3.